The Morgan fingerprint density at radius 2 is 2.33 bits per heavy atom. The summed E-state index contributed by atoms with van der Waals surface area (Å²) in [5.41, 5.74) is 4.42. The minimum Gasteiger partial charge on any atom is -0.320 e. The second-order valence-electron chi connectivity index (χ2n) is 2.81. The van der Waals surface area contributed by atoms with Gasteiger partial charge in [0.05, 0.1) is 0 Å². The standard InChI is InChI=1S/C11H15N/c1-12-10-6-9-11-7-4-2-3-5-8-11/h2,4-5,7-8,12H,6,9-10H2,1H3. The van der Waals surface area contributed by atoms with Crippen molar-refractivity contribution in [3.05, 3.63) is 41.7 Å². The highest BCUT2D eigenvalue weighted by molar-refractivity contribution is 5.29. The molecule has 1 heteroatoms. The molecule has 0 radical (unpaired) electrons. The molecule has 0 aromatic heterocycles. The maximum atomic E-state index is 3.14. The Labute approximate surface area is 74.2 Å². The highest BCUT2D eigenvalue weighted by atomic mass is 14.8. The molecule has 1 N–H and O–H groups in total. The van der Waals surface area contributed by atoms with Gasteiger partial charge >= 0.3 is 0 Å². The van der Waals surface area contributed by atoms with Crippen LogP contribution in [0.2, 0.25) is 0 Å². The summed E-state index contributed by atoms with van der Waals surface area (Å²) in [5, 5.41) is 3.14. The SMILES string of the molecule is CNCCCC1=CC=C=CC=C1. The maximum absolute atomic E-state index is 3.14. The van der Waals surface area contributed by atoms with Gasteiger partial charge in [0.1, 0.15) is 0 Å². The molecular formula is C11H15N. The van der Waals surface area contributed by atoms with Crippen LogP contribution in [0.1, 0.15) is 12.8 Å². The zero-order valence-electron chi connectivity index (χ0n) is 7.51. The van der Waals surface area contributed by atoms with Crippen LogP contribution < -0.4 is 5.32 Å². The van der Waals surface area contributed by atoms with E-state index in [4.69, 9.17) is 0 Å². The molecule has 0 saturated heterocycles. The van der Waals surface area contributed by atoms with Crippen LogP contribution in [0.5, 0.6) is 0 Å². The van der Waals surface area contributed by atoms with E-state index in [0.29, 0.717) is 0 Å². The molecule has 0 unspecified atom stereocenters. The molecule has 0 spiro atoms. The van der Waals surface area contributed by atoms with E-state index < -0.39 is 0 Å². The van der Waals surface area contributed by atoms with Gasteiger partial charge in [-0.2, -0.15) is 0 Å². The zero-order valence-corrected chi connectivity index (χ0v) is 7.51. The molecule has 1 rings (SSSR count). The van der Waals surface area contributed by atoms with Gasteiger partial charge in [0.15, 0.2) is 0 Å². The Kier molecular flexibility index (Phi) is 4.22. The van der Waals surface area contributed by atoms with Crippen molar-refractivity contribution < 1.29 is 0 Å². The molecule has 0 aromatic carbocycles. The monoisotopic (exact) mass is 161 g/mol. The van der Waals surface area contributed by atoms with E-state index in [0.717, 1.165) is 13.0 Å². The third-order valence-corrected chi connectivity index (χ3v) is 1.79. The molecule has 0 heterocycles. The highest BCUT2D eigenvalue weighted by Gasteiger charge is 1.91. The van der Waals surface area contributed by atoms with E-state index in [1.807, 2.05) is 25.3 Å². The van der Waals surface area contributed by atoms with Gasteiger partial charge in [0.2, 0.25) is 0 Å². The van der Waals surface area contributed by atoms with E-state index in [2.05, 4.69) is 23.2 Å². The summed E-state index contributed by atoms with van der Waals surface area (Å²) in [5.74, 6) is 0. The van der Waals surface area contributed by atoms with Gasteiger partial charge in [-0.05, 0) is 44.2 Å². The first kappa shape index (κ1) is 9.05. The van der Waals surface area contributed by atoms with E-state index >= 15 is 0 Å². The molecule has 0 saturated carbocycles. The zero-order chi connectivity index (χ0) is 8.65. The van der Waals surface area contributed by atoms with Crippen LogP contribution in [0.25, 0.3) is 0 Å². The lowest BCUT2D eigenvalue weighted by molar-refractivity contribution is 0.726. The summed E-state index contributed by atoms with van der Waals surface area (Å²) >= 11 is 0. The maximum Gasteiger partial charge on any atom is -0.00488 e. The summed E-state index contributed by atoms with van der Waals surface area (Å²) in [6.07, 6.45) is 12.5. The van der Waals surface area contributed by atoms with Crippen LogP contribution in [-0.4, -0.2) is 13.6 Å². The fraction of sp³-hybridized carbons (Fsp3) is 0.364. The van der Waals surface area contributed by atoms with Gasteiger partial charge < -0.3 is 5.32 Å². The van der Waals surface area contributed by atoms with Crippen molar-refractivity contribution in [1.29, 1.82) is 0 Å². The molecule has 0 fully saturated rings. The van der Waals surface area contributed by atoms with Crippen molar-refractivity contribution in [2.24, 2.45) is 0 Å². The van der Waals surface area contributed by atoms with E-state index in [1.54, 1.807) is 0 Å². The van der Waals surface area contributed by atoms with Crippen LogP contribution in [0.3, 0.4) is 0 Å². The molecule has 0 aromatic rings. The first-order chi connectivity index (χ1) is 5.93. The van der Waals surface area contributed by atoms with Gasteiger partial charge in [0.25, 0.3) is 0 Å². The minimum atomic E-state index is 1.09. The normalized spacial score (nSPS) is 14.6. The number of hydrogen-bond donors (Lipinski definition) is 1. The predicted molar refractivity (Wildman–Crippen MR) is 53.0 cm³/mol. The summed E-state index contributed by atoms with van der Waals surface area (Å²) in [6.45, 7) is 1.09. The third kappa shape index (κ3) is 3.38. The molecule has 1 aliphatic carbocycles. The smallest absolute Gasteiger partial charge is 0.00488 e. The van der Waals surface area contributed by atoms with Gasteiger partial charge in [-0.15, -0.1) is 5.73 Å². The van der Waals surface area contributed by atoms with Crippen molar-refractivity contribution in [1.82, 2.24) is 5.32 Å². The summed E-state index contributed by atoms with van der Waals surface area (Å²) in [4.78, 5) is 0. The van der Waals surface area contributed by atoms with Gasteiger partial charge in [0, 0.05) is 0 Å². The largest absolute Gasteiger partial charge is 0.320 e. The molecule has 12 heavy (non-hydrogen) atoms. The average molecular weight is 161 g/mol. The second kappa shape index (κ2) is 5.59. The summed E-state index contributed by atoms with van der Waals surface area (Å²) in [6, 6.07) is 0. The molecule has 64 valence electrons. The summed E-state index contributed by atoms with van der Waals surface area (Å²) < 4.78 is 0. The predicted octanol–water partition coefficient (Wildman–Crippen LogP) is 2.19. The number of rotatable bonds is 4. The van der Waals surface area contributed by atoms with Crippen molar-refractivity contribution in [3.8, 4) is 0 Å². The topological polar surface area (TPSA) is 12.0 Å². The minimum absolute atomic E-state index is 1.09. The Morgan fingerprint density at radius 1 is 1.42 bits per heavy atom. The molecule has 1 aliphatic rings. The van der Waals surface area contributed by atoms with Crippen LogP contribution in [0, 0.1) is 0 Å². The summed E-state index contributed by atoms with van der Waals surface area (Å²) in [7, 11) is 1.98. The van der Waals surface area contributed by atoms with Gasteiger partial charge in [-0.1, -0.05) is 18.2 Å². The first-order valence-electron chi connectivity index (χ1n) is 4.36. The van der Waals surface area contributed by atoms with Crippen molar-refractivity contribution in [2.75, 3.05) is 13.6 Å². The van der Waals surface area contributed by atoms with E-state index in [-0.39, 0.29) is 0 Å². The second-order valence-corrected chi connectivity index (χ2v) is 2.81. The molecule has 0 aliphatic heterocycles. The lowest BCUT2D eigenvalue weighted by atomic mass is 10.1. The van der Waals surface area contributed by atoms with Gasteiger partial charge in [-0.3, -0.25) is 0 Å². The first-order valence-corrected chi connectivity index (χ1v) is 4.36. The van der Waals surface area contributed by atoms with Gasteiger partial charge in [-0.25, -0.2) is 0 Å². The Hall–Kier alpha value is -1.04. The lowest BCUT2D eigenvalue weighted by Crippen LogP contribution is -2.07. The lowest BCUT2D eigenvalue weighted by Gasteiger charge is -1.99. The number of allylic oxidation sites excluding steroid dienone is 5. The highest BCUT2D eigenvalue weighted by Crippen LogP contribution is 2.08. The van der Waals surface area contributed by atoms with Crippen molar-refractivity contribution in [3.63, 3.8) is 0 Å². The fourth-order valence-corrected chi connectivity index (χ4v) is 1.13. The van der Waals surface area contributed by atoms with Crippen molar-refractivity contribution in [2.45, 2.75) is 12.8 Å². The molecular weight excluding hydrogens is 146 g/mol. The van der Waals surface area contributed by atoms with Crippen LogP contribution in [-0.2, 0) is 0 Å². The van der Waals surface area contributed by atoms with Crippen LogP contribution >= 0.6 is 0 Å². The third-order valence-electron chi connectivity index (χ3n) is 1.79. The molecule has 0 amide bonds. The van der Waals surface area contributed by atoms with E-state index in [1.165, 1.54) is 12.0 Å². The molecule has 0 bridgehead atoms. The average Bonchev–Trinajstić information content (AvgIpc) is 2.33. The number of hydrogen-bond acceptors (Lipinski definition) is 1. The Balaban J connectivity index is 2.33. The fourth-order valence-electron chi connectivity index (χ4n) is 1.13. The molecule has 0 atom stereocenters. The number of nitrogens with one attached hydrogen (secondary N) is 1. The van der Waals surface area contributed by atoms with Crippen molar-refractivity contribution >= 4 is 0 Å². The Bertz CT molecular complexity index is 240. The Morgan fingerprint density at radius 3 is 3.17 bits per heavy atom. The van der Waals surface area contributed by atoms with Crippen LogP contribution in [0.4, 0.5) is 0 Å². The van der Waals surface area contributed by atoms with E-state index in [9.17, 15) is 0 Å². The quantitative estimate of drug-likeness (QED) is 0.492. The van der Waals surface area contributed by atoms with Crippen LogP contribution in [0.15, 0.2) is 41.7 Å². The molecule has 1 nitrogen and oxygen atoms in total.